The number of carbonyl (C=O) groups excluding carboxylic acids is 1. The first-order chi connectivity index (χ1) is 12.5. The largest absolute Gasteiger partial charge is 0.491 e. The molecule has 0 aromatic heterocycles. The Hall–Kier alpha value is -2.90. The van der Waals surface area contributed by atoms with Crippen LogP contribution in [0.3, 0.4) is 0 Å². The highest BCUT2D eigenvalue weighted by molar-refractivity contribution is 5.73. The summed E-state index contributed by atoms with van der Waals surface area (Å²) in [5.74, 6) is -0.275. The normalized spacial score (nSPS) is 10.5. The van der Waals surface area contributed by atoms with Crippen LogP contribution in [-0.4, -0.2) is 19.2 Å². The monoisotopic (exact) mass is 368 g/mol. The molecule has 8 heteroatoms. The van der Waals surface area contributed by atoms with Gasteiger partial charge in [-0.05, 0) is 42.3 Å². The van der Waals surface area contributed by atoms with E-state index in [0.29, 0.717) is 17.7 Å². The second-order valence-corrected chi connectivity index (χ2v) is 5.26. The summed E-state index contributed by atoms with van der Waals surface area (Å²) >= 11 is 0. The number of amides is 2. The third kappa shape index (κ3) is 6.19. The van der Waals surface area contributed by atoms with E-state index in [-0.39, 0.29) is 24.6 Å². The molecule has 0 fully saturated rings. The van der Waals surface area contributed by atoms with Crippen molar-refractivity contribution in [1.82, 2.24) is 10.6 Å². The van der Waals surface area contributed by atoms with Crippen LogP contribution in [0.15, 0.2) is 42.5 Å². The minimum Gasteiger partial charge on any atom is -0.491 e. The third-order valence-electron chi connectivity index (χ3n) is 3.35. The van der Waals surface area contributed by atoms with Gasteiger partial charge in [0.2, 0.25) is 0 Å². The van der Waals surface area contributed by atoms with Crippen molar-refractivity contribution in [1.29, 1.82) is 0 Å². The number of urea groups is 1. The summed E-state index contributed by atoms with van der Waals surface area (Å²) in [6, 6.07) is 9.96. The molecule has 5 nitrogen and oxygen atoms in total. The maximum Gasteiger partial charge on any atom is 0.387 e. The van der Waals surface area contributed by atoms with E-state index < -0.39 is 18.5 Å². The Labute approximate surface area is 149 Å². The molecule has 140 valence electrons. The molecule has 0 aliphatic carbocycles. The molecule has 2 rings (SSSR count). The molecule has 2 amide bonds. The number of halogens is 3. The summed E-state index contributed by atoms with van der Waals surface area (Å²) in [5.41, 5.74) is 1.31. The second kappa shape index (κ2) is 9.55. The van der Waals surface area contributed by atoms with Crippen LogP contribution in [0.4, 0.5) is 18.0 Å². The van der Waals surface area contributed by atoms with Gasteiger partial charge >= 0.3 is 12.6 Å². The standard InChI is InChI=1S/C18H19F3N2O3/c1-2-25-16-8-5-13(9-15(16)19)11-23-18(24)22-10-12-3-6-14(7-4-12)26-17(20)21/h3-9,17H,2,10-11H2,1H3,(H2,22,23,24). The lowest BCUT2D eigenvalue weighted by molar-refractivity contribution is -0.0498. The molecule has 0 spiro atoms. The first kappa shape index (κ1) is 19.4. The zero-order valence-corrected chi connectivity index (χ0v) is 14.1. The maximum absolute atomic E-state index is 13.7. The van der Waals surface area contributed by atoms with Gasteiger partial charge in [-0.2, -0.15) is 8.78 Å². The molecule has 0 saturated carbocycles. The molecule has 0 radical (unpaired) electrons. The van der Waals surface area contributed by atoms with E-state index in [4.69, 9.17) is 4.74 Å². The average Bonchev–Trinajstić information content (AvgIpc) is 2.61. The van der Waals surface area contributed by atoms with Crippen molar-refractivity contribution in [3.8, 4) is 11.5 Å². The number of ether oxygens (including phenoxy) is 2. The maximum atomic E-state index is 13.7. The smallest absolute Gasteiger partial charge is 0.387 e. The number of hydrogen-bond donors (Lipinski definition) is 2. The fraction of sp³-hybridized carbons (Fsp3) is 0.278. The van der Waals surface area contributed by atoms with Crippen LogP contribution < -0.4 is 20.1 Å². The number of benzene rings is 2. The van der Waals surface area contributed by atoms with Crippen molar-refractivity contribution in [2.24, 2.45) is 0 Å². The van der Waals surface area contributed by atoms with Crippen LogP contribution in [0.2, 0.25) is 0 Å². The molecular weight excluding hydrogens is 349 g/mol. The van der Waals surface area contributed by atoms with E-state index in [0.717, 1.165) is 0 Å². The van der Waals surface area contributed by atoms with E-state index >= 15 is 0 Å². The Balaban J connectivity index is 1.77. The summed E-state index contributed by atoms with van der Waals surface area (Å²) in [6.45, 7) is -0.392. The summed E-state index contributed by atoms with van der Waals surface area (Å²) in [7, 11) is 0. The van der Waals surface area contributed by atoms with Gasteiger partial charge in [0.1, 0.15) is 5.75 Å². The highest BCUT2D eigenvalue weighted by atomic mass is 19.3. The van der Waals surface area contributed by atoms with Gasteiger partial charge in [-0.3, -0.25) is 0 Å². The van der Waals surface area contributed by atoms with Crippen LogP contribution in [0.1, 0.15) is 18.1 Å². The van der Waals surface area contributed by atoms with Crippen LogP contribution >= 0.6 is 0 Å². The van der Waals surface area contributed by atoms with E-state index in [1.54, 1.807) is 25.1 Å². The lowest BCUT2D eigenvalue weighted by atomic mass is 10.2. The molecule has 26 heavy (non-hydrogen) atoms. The first-order valence-electron chi connectivity index (χ1n) is 7.94. The van der Waals surface area contributed by atoms with Crippen molar-refractivity contribution in [2.45, 2.75) is 26.6 Å². The Kier molecular flexibility index (Phi) is 7.13. The minimum absolute atomic E-state index is 0.0470. The van der Waals surface area contributed by atoms with E-state index in [2.05, 4.69) is 15.4 Å². The highest BCUT2D eigenvalue weighted by Crippen LogP contribution is 2.18. The molecule has 0 heterocycles. The van der Waals surface area contributed by atoms with Crippen molar-refractivity contribution in [3.63, 3.8) is 0 Å². The molecule has 0 unspecified atom stereocenters. The molecule has 0 saturated heterocycles. The second-order valence-electron chi connectivity index (χ2n) is 5.26. The van der Waals surface area contributed by atoms with Gasteiger partial charge in [-0.25, -0.2) is 9.18 Å². The minimum atomic E-state index is -2.88. The van der Waals surface area contributed by atoms with Crippen LogP contribution in [0, 0.1) is 5.82 Å². The van der Waals surface area contributed by atoms with Gasteiger partial charge in [0.25, 0.3) is 0 Å². The van der Waals surface area contributed by atoms with Crippen LogP contribution in [-0.2, 0) is 13.1 Å². The number of carbonyl (C=O) groups is 1. The van der Waals surface area contributed by atoms with Gasteiger partial charge < -0.3 is 20.1 Å². The predicted octanol–water partition coefficient (Wildman–Crippen LogP) is 3.83. The van der Waals surface area contributed by atoms with Crippen LogP contribution in [0.5, 0.6) is 11.5 Å². The van der Waals surface area contributed by atoms with Crippen molar-refractivity contribution >= 4 is 6.03 Å². The fourth-order valence-electron chi connectivity index (χ4n) is 2.14. The molecule has 0 bridgehead atoms. The SMILES string of the molecule is CCOc1ccc(CNC(=O)NCc2ccc(OC(F)F)cc2)cc1F. The first-order valence-corrected chi connectivity index (χ1v) is 7.94. The van der Waals surface area contributed by atoms with Crippen molar-refractivity contribution in [3.05, 3.63) is 59.4 Å². The molecule has 2 aromatic rings. The number of rotatable bonds is 8. The Morgan fingerprint density at radius 1 is 1.04 bits per heavy atom. The molecule has 2 N–H and O–H groups in total. The summed E-state index contributed by atoms with van der Waals surface area (Å²) in [5, 5.41) is 5.22. The fourth-order valence-corrected chi connectivity index (χ4v) is 2.14. The zero-order valence-electron chi connectivity index (χ0n) is 14.1. The van der Waals surface area contributed by atoms with E-state index in [9.17, 15) is 18.0 Å². The summed E-state index contributed by atoms with van der Waals surface area (Å²) < 4.78 is 47.2. The molecule has 0 atom stereocenters. The highest BCUT2D eigenvalue weighted by Gasteiger charge is 2.07. The number of hydrogen-bond acceptors (Lipinski definition) is 3. The van der Waals surface area contributed by atoms with Gasteiger partial charge in [0.05, 0.1) is 6.61 Å². The number of alkyl halides is 2. The van der Waals surface area contributed by atoms with E-state index in [1.165, 1.54) is 24.3 Å². The van der Waals surface area contributed by atoms with Crippen molar-refractivity contribution < 1.29 is 27.4 Å². The van der Waals surface area contributed by atoms with Crippen LogP contribution in [0.25, 0.3) is 0 Å². The zero-order chi connectivity index (χ0) is 18.9. The molecular formula is C18H19F3N2O3. The lowest BCUT2D eigenvalue weighted by Gasteiger charge is -2.10. The van der Waals surface area contributed by atoms with Gasteiger partial charge in [-0.1, -0.05) is 18.2 Å². The molecule has 0 aliphatic heterocycles. The van der Waals surface area contributed by atoms with Gasteiger partial charge in [0, 0.05) is 13.1 Å². The van der Waals surface area contributed by atoms with Crippen molar-refractivity contribution in [2.75, 3.05) is 6.61 Å². The summed E-state index contributed by atoms with van der Waals surface area (Å²) in [6.07, 6.45) is 0. The Morgan fingerprint density at radius 3 is 2.23 bits per heavy atom. The Morgan fingerprint density at radius 2 is 1.65 bits per heavy atom. The lowest BCUT2D eigenvalue weighted by Crippen LogP contribution is -2.34. The Bertz CT molecular complexity index is 724. The predicted molar refractivity (Wildman–Crippen MR) is 89.7 cm³/mol. The average molecular weight is 368 g/mol. The van der Waals surface area contributed by atoms with Gasteiger partial charge in [-0.15, -0.1) is 0 Å². The van der Waals surface area contributed by atoms with Gasteiger partial charge in [0.15, 0.2) is 11.6 Å². The van der Waals surface area contributed by atoms with E-state index in [1.807, 2.05) is 0 Å². The topological polar surface area (TPSA) is 59.6 Å². The quantitative estimate of drug-likeness (QED) is 0.745. The summed E-state index contributed by atoms with van der Waals surface area (Å²) in [4.78, 5) is 11.8. The molecule has 0 aliphatic rings. The third-order valence-corrected chi connectivity index (χ3v) is 3.35. The number of nitrogens with one attached hydrogen (secondary N) is 2. The molecule has 2 aromatic carbocycles.